The number of ether oxygens (including phenoxy) is 2. The number of rotatable bonds is 7. The molecule has 2 amide bonds. The maximum absolute atomic E-state index is 12.3. The number of benzene rings is 3. The van der Waals surface area contributed by atoms with E-state index in [2.05, 4.69) is 31.6 Å². The Morgan fingerprint density at radius 1 is 0.848 bits per heavy atom. The third-order valence-corrected chi connectivity index (χ3v) is 5.06. The fourth-order valence-corrected chi connectivity index (χ4v) is 3.15. The second-order valence-electron chi connectivity index (χ2n) is 8.72. The van der Waals surface area contributed by atoms with Crippen LogP contribution in [0.3, 0.4) is 0 Å². The van der Waals surface area contributed by atoms with Crippen LogP contribution in [0.1, 0.15) is 33.3 Å². The highest BCUT2D eigenvalue weighted by Gasteiger charge is 2.17. The van der Waals surface area contributed by atoms with Gasteiger partial charge in [0.15, 0.2) is 12.7 Å². The molecule has 0 aromatic heterocycles. The largest absolute Gasteiger partial charge is 0.483 e. The molecule has 33 heavy (non-hydrogen) atoms. The summed E-state index contributed by atoms with van der Waals surface area (Å²) in [4.78, 5) is 24.5. The lowest BCUT2D eigenvalue weighted by Crippen LogP contribution is -2.48. The first kappa shape index (κ1) is 23.9. The molecule has 0 saturated heterocycles. The molecule has 0 radical (unpaired) electrons. The van der Waals surface area contributed by atoms with E-state index in [1.807, 2.05) is 72.8 Å². The highest BCUT2D eigenvalue weighted by atomic mass is 16.5. The normalized spacial score (nSPS) is 11.9. The van der Waals surface area contributed by atoms with Gasteiger partial charge in [-0.15, -0.1) is 0 Å². The van der Waals surface area contributed by atoms with Gasteiger partial charge in [-0.3, -0.25) is 20.4 Å². The molecule has 6 heteroatoms. The van der Waals surface area contributed by atoms with E-state index >= 15 is 0 Å². The lowest BCUT2D eigenvalue weighted by molar-refractivity contribution is -0.133. The average Bonchev–Trinajstić information content (AvgIpc) is 2.81. The van der Waals surface area contributed by atoms with Crippen LogP contribution < -0.4 is 20.3 Å². The van der Waals surface area contributed by atoms with Gasteiger partial charge < -0.3 is 9.47 Å². The Morgan fingerprint density at radius 2 is 1.48 bits per heavy atom. The number of para-hydroxylation sites is 1. The third kappa shape index (κ3) is 6.84. The fraction of sp³-hybridized carbons (Fsp3) is 0.259. The average molecular weight is 447 g/mol. The third-order valence-electron chi connectivity index (χ3n) is 5.06. The lowest BCUT2D eigenvalue weighted by atomic mass is 9.87. The number of hydrogen-bond acceptors (Lipinski definition) is 4. The number of nitrogens with one attached hydrogen (secondary N) is 2. The molecule has 0 aliphatic rings. The molecule has 172 valence electrons. The molecule has 0 heterocycles. The summed E-state index contributed by atoms with van der Waals surface area (Å²) in [6.07, 6.45) is -0.787. The van der Waals surface area contributed by atoms with E-state index in [-0.39, 0.29) is 12.0 Å². The summed E-state index contributed by atoms with van der Waals surface area (Å²) in [6, 6.07) is 24.9. The minimum atomic E-state index is -0.787. The van der Waals surface area contributed by atoms with Crippen LogP contribution in [0.15, 0.2) is 78.9 Å². The molecule has 0 fully saturated rings. The van der Waals surface area contributed by atoms with Gasteiger partial charge in [0, 0.05) is 5.56 Å². The van der Waals surface area contributed by atoms with E-state index in [1.54, 1.807) is 13.0 Å². The summed E-state index contributed by atoms with van der Waals surface area (Å²) < 4.78 is 11.4. The van der Waals surface area contributed by atoms with Gasteiger partial charge in [-0.25, -0.2) is 0 Å². The first-order valence-electron chi connectivity index (χ1n) is 10.9. The summed E-state index contributed by atoms with van der Waals surface area (Å²) in [5.74, 6) is 0.222. The van der Waals surface area contributed by atoms with Crippen LogP contribution in [0.4, 0.5) is 0 Å². The molecule has 3 aromatic carbocycles. The Balaban J connectivity index is 1.48. The highest BCUT2D eigenvalue weighted by molar-refractivity contribution is 5.85. The first-order chi connectivity index (χ1) is 15.7. The van der Waals surface area contributed by atoms with E-state index in [1.165, 1.54) is 5.56 Å². The zero-order valence-electron chi connectivity index (χ0n) is 19.4. The molecule has 6 nitrogen and oxygen atoms in total. The zero-order valence-corrected chi connectivity index (χ0v) is 19.4. The molecule has 1 atom stereocenters. The maximum Gasteiger partial charge on any atom is 0.279 e. The smallest absolute Gasteiger partial charge is 0.279 e. The Morgan fingerprint density at radius 3 is 2.15 bits per heavy atom. The van der Waals surface area contributed by atoms with E-state index in [0.717, 1.165) is 11.1 Å². The van der Waals surface area contributed by atoms with Crippen molar-refractivity contribution < 1.29 is 19.1 Å². The second kappa shape index (κ2) is 10.7. The highest BCUT2D eigenvalue weighted by Crippen LogP contribution is 2.29. The summed E-state index contributed by atoms with van der Waals surface area (Å²) in [6.45, 7) is 7.77. The van der Waals surface area contributed by atoms with E-state index in [9.17, 15) is 9.59 Å². The number of carbonyl (C=O) groups excluding carboxylic acids is 2. The predicted molar refractivity (Wildman–Crippen MR) is 129 cm³/mol. The van der Waals surface area contributed by atoms with Gasteiger partial charge in [-0.2, -0.15) is 0 Å². The van der Waals surface area contributed by atoms with E-state index in [4.69, 9.17) is 9.47 Å². The molecular formula is C27H30N2O4. The van der Waals surface area contributed by atoms with Crippen molar-refractivity contribution in [3.8, 4) is 22.6 Å². The van der Waals surface area contributed by atoms with E-state index in [0.29, 0.717) is 11.5 Å². The number of hydrazine groups is 1. The van der Waals surface area contributed by atoms with Crippen molar-refractivity contribution >= 4 is 11.8 Å². The van der Waals surface area contributed by atoms with E-state index < -0.39 is 17.9 Å². The van der Waals surface area contributed by atoms with Crippen molar-refractivity contribution in [1.29, 1.82) is 0 Å². The van der Waals surface area contributed by atoms with Gasteiger partial charge in [0.1, 0.15) is 11.5 Å². The fourth-order valence-electron chi connectivity index (χ4n) is 3.15. The zero-order chi connectivity index (χ0) is 23.8. The second-order valence-corrected chi connectivity index (χ2v) is 8.72. The predicted octanol–water partition coefficient (Wildman–Crippen LogP) is 4.64. The molecule has 0 aliphatic carbocycles. The van der Waals surface area contributed by atoms with Gasteiger partial charge in [-0.05, 0) is 41.7 Å². The van der Waals surface area contributed by atoms with Gasteiger partial charge in [0.25, 0.3) is 11.8 Å². The van der Waals surface area contributed by atoms with Crippen molar-refractivity contribution in [3.63, 3.8) is 0 Å². The molecule has 0 saturated carbocycles. The molecule has 0 aliphatic heterocycles. The quantitative estimate of drug-likeness (QED) is 0.518. The molecule has 0 bridgehead atoms. The standard InChI is InChI=1S/C27H30N2O4/c1-19(33-22-16-14-21(15-17-22)27(2,3)4)26(31)29-28-25(30)18-32-24-13-9-8-12-23(24)20-10-6-5-7-11-20/h5-17,19H,18H2,1-4H3,(H,28,30)(H,29,31). The van der Waals surface area contributed by atoms with Crippen LogP contribution in [0.2, 0.25) is 0 Å². The van der Waals surface area contributed by atoms with Crippen molar-refractivity contribution in [1.82, 2.24) is 10.9 Å². The molecule has 3 rings (SSSR count). The van der Waals surface area contributed by atoms with Crippen LogP contribution in [0.5, 0.6) is 11.5 Å². The van der Waals surface area contributed by atoms with Crippen LogP contribution >= 0.6 is 0 Å². The Labute approximate surface area is 194 Å². The minimum absolute atomic E-state index is 0.0372. The molecule has 3 aromatic rings. The van der Waals surface area contributed by atoms with Gasteiger partial charge >= 0.3 is 0 Å². The maximum atomic E-state index is 12.3. The number of carbonyl (C=O) groups is 2. The number of amides is 2. The Hall–Kier alpha value is -3.80. The van der Waals surface area contributed by atoms with Crippen LogP contribution in [0, 0.1) is 0 Å². The Bertz CT molecular complexity index is 1070. The number of hydrogen-bond donors (Lipinski definition) is 2. The van der Waals surface area contributed by atoms with Crippen molar-refractivity contribution in [3.05, 3.63) is 84.4 Å². The first-order valence-corrected chi connectivity index (χ1v) is 10.9. The summed E-state index contributed by atoms with van der Waals surface area (Å²) in [5, 5.41) is 0. The van der Waals surface area contributed by atoms with Crippen molar-refractivity contribution in [2.24, 2.45) is 0 Å². The van der Waals surface area contributed by atoms with Gasteiger partial charge in [-0.1, -0.05) is 81.4 Å². The van der Waals surface area contributed by atoms with Crippen molar-refractivity contribution in [2.75, 3.05) is 6.61 Å². The van der Waals surface area contributed by atoms with Crippen LogP contribution in [-0.4, -0.2) is 24.5 Å². The lowest BCUT2D eigenvalue weighted by Gasteiger charge is -2.20. The van der Waals surface area contributed by atoms with Gasteiger partial charge in [0.05, 0.1) is 0 Å². The SMILES string of the molecule is CC(Oc1ccc(C(C)(C)C)cc1)C(=O)NNC(=O)COc1ccccc1-c1ccccc1. The summed E-state index contributed by atoms with van der Waals surface area (Å²) in [7, 11) is 0. The minimum Gasteiger partial charge on any atom is -0.483 e. The molecule has 2 N–H and O–H groups in total. The topological polar surface area (TPSA) is 76.7 Å². The molecule has 0 spiro atoms. The van der Waals surface area contributed by atoms with Gasteiger partial charge in [0.2, 0.25) is 0 Å². The van der Waals surface area contributed by atoms with Crippen LogP contribution in [0.25, 0.3) is 11.1 Å². The summed E-state index contributed by atoms with van der Waals surface area (Å²) >= 11 is 0. The Kier molecular flexibility index (Phi) is 7.72. The summed E-state index contributed by atoms with van der Waals surface area (Å²) in [5.41, 5.74) is 7.83. The molecule has 1 unspecified atom stereocenters. The van der Waals surface area contributed by atoms with Crippen molar-refractivity contribution in [2.45, 2.75) is 39.2 Å². The molecular weight excluding hydrogens is 416 g/mol. The van der Waals surface area contributed by atoms with Crippen LogP contribution in [-0.2, 0) is 15.0 Å². The monoisotopic (exact) mass is 446 g/mol.